The van der Waals surface area contributed by atoms with Crippen molar-refractivity contribution < 1.29 is 26.4 Å². The van der Waals surface area contributed by atoms with E-state index in [1.54, 1.807) is 19.1 Å². The van der Waals surface area contributed by atoms with Gasteiger partial charge in [0.2, 0.25) is 15.9 Å². The minimum absolute atomic E-state index is 0.00155. The van der Waals surface area contributed by atoms with Gasteiger partial charge in [-0.15, -0.1) is 0 Å². The van der Waals surface area contributed by atoms with Crippen LogP contribution in [0.5, 0.6) is 5.75 Å². The number of rotatable bonds is 5. The number of hydrogen-bond acceptors (Lipinski definition) is 6. The summed E-state index contributed by atoms with van der Waals surface area (Å²) in [6.45, 7) is 3.80. The third-order valence-electron chi connectivity index (χ3n) is 5.46. The summed E-state index contributed by atoms with van der Waals surface area (Å²) in [7, 11) is -7.94. The Labute approximate surface area is 182 Å². The molecule has 0 radical (unpaired) electrons. The maximum Gasteiger partial charge on any atom is 0.268 e. The molecule has 1 fully saturated rings. The lowest BCUT2D eigenvalue weighted by Gasteiger charge is -2.31. The average molecular weight is 465 g/mol. The molecule has 1 saturated heterocycles. The molecule has 2 heterocycles. The summed E-state index contributed by atoms with van der Waals surface area (Å²) in [6, 6.07) is 11.3. The van der Waals surface area contributed by atoms with Gasteiger partial charge in [-0.05, 0) is 49.6 Å². The Bertz CT molecular complexity index is 1240. The highest BCUT2D eigenvalue weighted by atomic mass is 32.2. The number of fused-ring (bicyclic) bond motifs is 1. The second-order valence-corrected chi connectivity index (χ2v) is 11.3. The van der Waals surface area contributed by atoms with Crippen molar-refractivity contribution in [1.29, 1.82) is 0 Å². The highest BCUT2D eigenvalue weighted by Gasteiger charge is 2.43. The maximum atomic E-state index is 13.7. The number of anilines is 2. The molecule has 2 aromatic carbocycles. The van der Waals surface area contributed by atoms with Gasteiger partial charge in [0, 0.05) is 6.54 Å². The molecule has 4 rings (SSSR count). The van der Waals surface area contributed by atoms with E-state index in [-0.39, 0.29) is 28.7 Å². The summed E-state index contributed by atoms with van der Waals surface area (Å²) in [5, 5.41) is 0. The fourth-order valence-corrected chi connectivity index (χ4v) is 7.56. The molecule has 166 valence electrons. The number of carbonyl (C=O) groups excluding carboxylic acids is 1. The Morgan fingerprint density at radius 1 is 1.16 bits per heavy atom. The normalized spacial score (nSPS) is 20.6. The molecular formula is C21H24N2O6S2. The summed E-state index contributed by atoms with van der Waals surface area (Å²) in [4.78, 5) is 12.4. The van der Waals surface area contributed by atoms with Gasteiger partial charge in [-0.2, -0.15) is 0 Å². The summed E-state index contributed by atoms with van der Waals surface area (Å²) in [5.41, 5.74) is 1.53. The fourth-order valence-electron chi connectivity index (χ4n) is 4.05. The molecule has 0 unspecified atom stereocenters. The lowest BCUT2D eigenvalue weighted by atomic mass is 10.0. The first-order valence-corrected chi connectivity index (χ1v) is 13.2. The van der Waals surface area contributed by atoms with Crippen molar-refractivity contribution >= 4 is 37.3 Å². The molecule has 8 nitrogen and oxygen atoms in total. The zero-order chi connectivity index (χ0) is 22.4. The van der Waals surface area contributed by atoms with Crippen LogP contribution in [0.2, 0.25) is 0 Å². The summed E-state index contributed by atoms with van der Waals surface area (Å²) in [5.74, 6) is -1.45. The highest BCUT2D eigenvalue weighted by Crippen LogP contribution is 2.38. The van der Waals surface area contributed by atoms with Crippen LogP contribution in [0.15, 0.2) is 47.4 Å². The standard InChI is InChI=1S/C21H24N2O6S2/c1-3-29-19-11-10-17(23-21(24)15(2)14-30(23,25)26)13-20(19)31(27,28)22-12-6-8-16-7-4-5-9-18(16)22/h4-5,7,9-11,13,15H,3,6,8,12,14H2,1-2H3/t15-/m1/s1. The topological polar surface area (TPSA) is 101 Å². The Hall–Kier alpha value is -2.59. The molecule has 0 aliphatic carbocycles. The minimum Gasteiger partial charge on any atom is -0.492 e. The summed E-state index contributed by atoms with van der Waals surface area (Å²) >= 11 is 0. The van der Waals surface area contributed by atoms with E-state index in [2.05, 4.69) is 0 Å². The van der Waals surface area contributed by atoms with Gasteiger partial charge in [-0.3, -0.25) is 9.10 Å². The van der Waals surface area contributed by atoms with E-state index >= 15 is 0 Å². The Kier molecular flexibility index (Phi) is 5.47. The van der Waals surface area contributed by atoms with Gasteiger partial charge in [-0.25, -0.2) is 21.1 Å². The number of hydrogen-bond donors (Lipinski definition) is 0. The quantitative estimate of drug-likeness (QED) is 0.674. The lowest BCUT2D eigenvalue weighted by Crippen LogP contribution is -2.36. The second-order valence-electron chi connectivity index (χ2n) is 7.66. The van der Waals surface area contributed by atoms with Crippen LogP contribution >= 0.6 is 0 Å². The SMILES string of the molecule is CCOc1ccc(N2C(=O)[C@H](C)CS2(=O)=O)cc1S(=O)(=O)N1CCCc2ccccc21. The van der Waals surface area contributed by atoms with Crippen LogP contribution in [0.1, 0.15) is 25.8 Å². The molecule has 0 spiro atoms. The fraction of sp³-hybridized carbons (Fsp3) is 0.381. The van der Waals surface area contributed by atoms with Crippen molar-refractivity contribution in [1.82, 2.24) is 0 Å². The van der Waals surface area contributed by atoms with Crippen molar-refractivity contribution in [2.45, 2.75) is 31.6 Å². The van der Waals surface area contributed by atoms with Crippen LogP contribution in [0.3, 0.4) is 0 Å². The molecule has 1 atom stereocenters. The molecule has 1 amide bonds. The molecule has 0 bridgehead atoms. The number of aryl methyl sites for hydroxylation is 1. The molecule has 0 aromatic heterocycles. The Balaban J connectivity index is 1.86. The molecule has 31 heavy (non-hydrogen) atoms. The maximum absolute atomic E-state index is 13.7. The van der Waals surface area contributed by atoms with Gasteiger partial charge in [0.15, 0.2) is 0 Å². The van der Waals surface area contributed by atoms with Crippen LogP contribution in [0.4, 0.5) is 11.4 Å². The minimum atomic E-state index is -4.07. The van der Waals surface area contributed by atoms with Crippen LogP contribution in [-0.2, 0) is 31.3 Å². The predicted octanol–water partition coefficient (Wildman–Crippen LogP) is 2.54. The Morgan fingerprint density at radius 2 is 1.90 bits per heavy atom. The number of benzene rings is 2. The predicted molar refractivity (Wildman–Crippen MR) is 117 cm³/mol. The monoisotopic (exact) mass is 464 g/mol. The van der Waals surface area contributed by atoms with Crippen molar-refractivity contribution in [3.05, 3.63) is 48.0 Å². The number of sulfonamides is 2. The van der Waals surface area contributed by atoms with E-state index in [4.69, 9.17) is 4.74 Å². The van der Waals surface area contributed by atoms with E-state index in [0.29, 0.717) is 23.0 Å². The van der Waals surface area contributed by atoms with Crippen molar-refractivity contribution in [3.8, 4) is 5.75 Å². The van der Waals surface area contributed by atoms with Crippen LogP contribution in [0, 0.1) is 5.92 Å². The number of amides is 1. The van der Waals surface area contributed by atoms with Crippen LogP contribution in [-0.4, -0.2) is 41.6 Å². The highest BCUT2D eigenvalue weighted by molar-refractivity contribution is 7.94. The second kappa shape index (κ2) is 7.83. The number of para-hydroxylation sites is 1. The zero-order valence-corrected chi connectivity index (χ0v) is 18.9. The van der Waals surface area contributed by atoms with Gasteiger partial charge in [0.25, 0.3) is 10.0 Å². The van der Waals surface area contributed by atoms with Gasteiger partial charge in [0.1, 0.15) is 10.6 Å². The van der Waals surface area contributed by atoms with Gasteiger partial charge < -0.3 is 4.74 Å². The molecule has 0 N–H and O–H groups in total. The van der Waals surface area contributed by atoms with Crippen molar-refractivity contribution in [3.63, 3.8) is 0 Å². The van der Waals surface area contributed by atoms with Crippen LogP contribution in [0.25, 0.3) is 0 Å². The number of ether oxygens (including phenoxy) is 1. The molecule has 2 aliphatic heterocycles. The molecule has 10 heteroatoms. The van der Waals surface area contributed by atoms with E-state index in [0.717, 1.165) is 12.0 Å². The van der Waals surface area contributed by atoms with E-state index < -0.39 is 31.9 Å². The van der Waals surface area contributed by atoms with Gasteiger partial charge in [0.05, 0.1) is 29.7 Å². The average Bonchev–Trinajstić information content (AvgIpc) is 2.94. The molecule has 2 aromatic rings. The molecular weight excluding hydrogens is 440 g/mol. The van der Waals surface area contributed by atoms with Gasteiger partial charge in [-0.1, -0.05) is 25.1 Å². The van der Waals surface area contributed by atoms with E-state index in [1.807, 2.05) is 12.1 Å². The van der Waals surface area contributed by atoms with E-state index in [9.17, 15) is 21.6 Å². The number of nitrogens with zero attached hydrogens (tertiary/aromatic N) is 2. The zero-order valence-electron chi connectivity index (χ0n) is 17.3. The molecule has 2 aliphatic rings. The third-order valence-corrected chi connectivity index (χ3v) is 9.16. The van der Waals surface area contributed by atoms with Crippen molar-refractivity contribution in [2.24, 2.45) is 5.92 Å². The lowest BCUT2D eigenvalue weighted by molar-refractivity contribution is -0.119. The first-order chi connectivity index (χ1) is 14.7. The Morgan fingerprint density at radius 3 is 2.58 bits per heavy atom. The molecule has 0 saturated carbocycles. The van der Waals surface area contributed by atoms with Crippen molar-refractivity contribution in [2.75, 3.05) is 27.5 Å². The van der Waals surface area contributed by atoms with Crippen LogP contribution < -0.4 is 13.3 Å². The largest absolute Gasteiger partial charge is 0.492 e. The summed E-state index contributed by atoms with van der Waals surface area (Å²) in [6.07, 6.45) is 1.44. The number of carbonyl (C=O) groups is 1. The third kappa shape index (κ3) is 3.67. The summed E-state index contributed by atoms with van der Waals surface area (Å²) < 4.78 is 60.1. The first kappa shape index (κ1) is 21.6. The smallest absolute Gasteiger partial charge is 0.268 e. The van der Waals surface area contributed by atoms with Gasteiger partial charge >= 0.3 is 0 Å². The van der Waals surface area contributed by atoms with E-state index in [1.165, 1.54) is 29.4 Å². The first-order valence-electron chi connectivity index (χ1n) is 10.1.